The molecule has 0 bridgehead atoms. The molecule has 1 aliphatic carbocycles. The van der Waals surface area contributed by atoms with E-state index in [0.717, 1.165) is 6.54 Å². The van der Waals surface area contributed by atoms with Gasteiger partial charge in [-0.2, -0.15) is 0 Å². The first-order valence-electron chi connectivity index (χ1n) is 5.26. The molecule has 0 spiro atoms. The number of rotatable bonds is 0. The topological polar surface area (TPSA) is 12.4 Å². The fourth-order valence-electron chi connectivity index (χ4n) is 2.79. The van der Waals surface area contributed by atoms with Crippen molar-refractivity contribution in [3.8, 4) is 0 Å². The lowest BCUT2D eigenvalue weighted by atomic mass is 9.64. The van der Waals surface area contributed by atoms with Gasteiger partial charge in [0.15, 0.2) is 0 Å². The summed E-state index contributed by atoms with van der Waals surface area (Å²) in [6.07, 6.45) is 8.42. The second kappa shape index (κ2) is 2.70. The molecule has 0 saturated heterocycles. The zero-order chi connectivity index (χ0) is 9.53. The summed E-state index contributed by atoms with van der Waals surface area (Å²) in [5.74, 6) is 0. The number of fused-ring (bicyclic) bond motifs is 1. The molecule has 0 aromatic carbocycles. The molecule has 1 heteroatoms. The van der Waals surface area contributed by atoms with Crippen molar-refractivity contribution < 1.29 is 0 Å². The zero-order valence-electron chi connectivity index (χ0n) is 8.93. The molecule has 13 heavy (non-hydrogen) atoms. The smallest absolute Gasteiger partial charge is 0.0404 e. The van der Waals surface area contributed by atoms with Crippen molar-refractivity contribution in [1.82, 2.24) is 0 Å². The summed E-state index contributed by atoms with van der Waals surface area (Å²) < 4.78 is 0. The predicted molar refractivity (Wildman–Crippen MR) is 57.2 cm³/mol. The molecule has 1 heterocycles. The third-order valence-corrected chi connectivity index (χ3v) is 3.33. The minimum absolute atomic E-state index is 0.366. The van der Waals surface area contributed by atoms with Crippen LogP contribution in [0.3, 0.4) is 0 Å². The minimum Gasteiger partial charge on any atom is -0.289 e. The molecule has 2 rings (SSSR count). The Kier molecular flexibility index (Phi) is 1.86. The highest BCUT2D eigenvalue weighted by Crippen LogP contribution is 2.44. The van der Waals surface area contributed by atoms with Crippen LogP contribution in [-0.2, 0) is 0 Å². The average Bonchev–Trinajstić information content (AvgIpc) is 2.00. The fourth-order valence-corrected chi connectivity index (χ4v) is 2.79. The predicted octanol–water partition coefficient (Wildman–Crippen LogP) is 3.21. The first-order valence-corrected chi connectivity index (χ1v) is 5.26. The highest BCUT2D eigenvalue weighted by atomic mass is 14.8. The summed E-state index contributed by atoms with van der Waals surface area (Å²) in [5, 5.41) is 0. The number of hydrogen-bond acceptors (Lipinski definition) is 1. The van der Waals surface area contributed by atoms with E-state index in [9.17, 15) is 0 Å². The Hall–Kier alpha value is -0.590. The van der Waals surface area contributed by atoms with Crippen molar-refractivity contribution in [2.24, 2.45) is 15.8 Å². The van der Waals surface area contributed by atoms with E-state index in [1.807, 2.05) is 0 Å². The van der Waals surface area contributed by atoms with E-state index < -0.39 is 0 Å². The summed E-state index contributed by atoms with van der Waals surface area (Å²) >= 11 is 0. The normalized spacial score (nSPS) is 36.7. The monoisotopic (exact) mass is 177 g/mol. The summed E-state index contributed by atoms with van der Waals surface area (Å²) in [6, 6.07) is 0. The van der Waals surface area contributed by atoms with Gasteiger partial charge in [0.2, 0.25) is 0 Å². The molecule has 72 valence electrons. The van der Waals surface area contributed by atoms with Crippen molar-refractivity contribution >= 4 is 5.71 Å². The lowest BCUT2D eigenvalue weighted by molar-refractivity contribution is 0.260. The van der Waals surface area contributed by atoms with E-state index in [2.05, 4.69) is 37.9 Å². The lowest BCUT2D eigenvalue weighted by Crippen LogP contribution is -2.37. The molecule has 0 amide bonds. The quantitative estimate of drug-likeness (QED) is 0.538. The van der Waals surface area contributed by atoms with Crippen molar-refractivity contribution in [3.05, 3.63) is 12.2 Å². The number of nitrogens with zero attached hydrogens (tertiary/aromatic N) is 1. The summed E-state index contributed by atoms with van der Waals surface area (Å²) in [5.41, 5.74) is 2.08. The van der Waals surface area contributed by atoms with Crippen LogP contribution in [-0.4, -0.2) is 12.3 Å². The molecular weight excluding hydrogens is 158 g/mol. The van der Waals surface area contributed by atoms with Gasteiger partial charge in [-0.1, -0.05) is 26.8 Å². The van der Waals surface area contributed by atoms with Gasteiger partial charge in [-0.15, -0.1) is 0 Å². The average molecular weight is 177 g/mol. The second-order valence-electron chi connectivity index (χ2n) is 5.43. The maximum absolute atomic E-state index is 4.62. The Morgan fingerprint density at radius 2 is 2.08 bits per heavy atom. The Bertz CT molecular complexity index is 273. The molecule has 1 unspecified atom stereocenters. The van der Waals surface area contributed by atoms with Crippen LogP contribution in [0.2, 0.25) is 0 Å². The molecule has 1 aliphatic heterocycles. The van der Waals surface area contributed by atoms with Gasteiger partial charge in [0.05, 0.1) is 0 Å². The molecule has 0 saturated carbocycles. The molecule has 0 aromatic heterocycles. The molecule has 2 aliphatic rings. The van der Waals surface area contributed by atoms with E-state index in [4.69, 9.17) is 0 Å². The summed E-state index contributed by atoms with van der Waals surface area (Å²) in [7, 11) is 0. The first-order chi connectivity index (χ1) is 6.02. The van der Waals surface area contributed by atoms with Crippen molar-refractivity contribution in [1.29, 1.82) is 0 Å². The summed E-state index contributed by atoms with van der Waals surface area (Å²) in [6.45, 7) is 8.05. The summed E-state index contributed by atoms with van der Waals surface area (Å²) in [4.78, 5) is 4.62. The SMILES string of the molecule is CC1(C)C=CC2=NCCCC2(C)C1. The van der Waals surface area contributed by atoms with Crippen LogP contribution in [0.25, 0.3) is 0 Å². The van der Waals surface area contributed by atoms with Crippen LogP contribution in [0.15, 0.2) is 17.1 Å². The Labute approximate surface area is 80.9 Å². The van der Waals surface area contributed by atoms with Gasteiger partial charge in [0.1, 0.15) is 0 Å². The van der Waals surface area contributed by atoms with Gasteiger partial charge in [0.25, 0.3) is 0 Å². The standard InChI is InChI=1S/C12H19N/c1-11(2)7-5-10-12(3,9-11)6-4-8-13-10/h5,7H,4,6,8-9H2,1-3H3. The van der Waals surface area contributed by atoms with Gasteiger partial charge in [0, 0.05) is 17.7 Å². The largest absolute Gasteiger partial charge is 0.289 e. The maximum Gasteiger partial charge on any atom is 0.0404 e. The molecule has 0 N–H and O–H groups in total. The Balaban J connectivity index is 2.36. The minimum atomic E-state index is 0.366. The van der Waals surface area contributed by atoms with Gasteiger partial charge in [-0.25, -0.2) is 0 Å². The van der Waals surface area contributed by atoms with Crippen molar-refractivity contribution in [2.45, 2.75) is 40.0 Å². The second-order valence-corrected chi connectivity index (χ2v) is 5.43. The van der Waals surface area contributed by atoms with Crippen LogP contribution < -0.4 is 0 Å². The van der Waals surface area contributed by atoms with Crippen LogP contribution in [0.4, 0.5) is 0 Å². The third kappa shape index (κ3) is 1.56. The highest BCUT2D eigenvalue weighted by Gasteiger charge is 2.38. The Morgan fingerprint density at radius 1 is 1.31 bits per heavy atom. The van der Waals surface area contributed by atoms with E-state index in [1.54, 1.807) is 0 Å². The zero-order valence-corrected chi connectivity index (χ0v) is 8.93. The van der Waals surface area contributed by atoms with E-state index in [-0.39, 0.29) is 0 Å². The van der Waals surface area contributed by atoms with Crippen LogP contribution >= 0.6 is 0 Å². The van der Waals surface area contributed by atoms with E-state index in [0.29, 0.717) is 10.8 Å². The van der Waals surface area contributed by atoms with Gasteiger partial charge >= 0.3 is 0 Å². The lowest BCUT2D eigenvalue weighted by Gasteiger charge is -2.42. The molecular formula is C12H19N. The van der Waals surface area contributed by atoms with Crippen molar-refractivity contribution in [3.63, 3.8) is 0 Å². The van der Waals surface area contributed by atoms with Gasteiger partial charge < -0.3 is 0 Å². The number of allylic oxidation sites excluding steroid dienone is 2. The number of hydrogen-bond donors (Lipinski definition) is 0. The van der Waals surface area contributed by atoms with E-state index in [1.165, 1.54) is 25.0 Å². The van der Waals surface area contributed by atoms with Crippen LogP contribution in [0.5, 0.6) is 0 Å². The van der Waals surface area contributed by atoms with E-state index >= 15 is 0 Å². The number of aliphatic imine (C=N–C) groups is 1. The van der Waals surface area contributed by atoms with Crippen LogP contribution in [0, 0.1) is 10.8 Å². The molecule has 0 aromatic rings. The van der Waals surface area contributed by atoms with Crippen molar-refractivity contribution in [2.75, 3.05) is 6.54 Å². The van der Waals surface area contributed by atoms with Gasteiger partial charge in [-0.05, 0) is 30.8 Å². The Morgan fingerprint density at radius 3 is 2.85 bits per heavy atom. The maximum atomic E-state index is 4.62. The highest BCUT2D eigenvalue weighted by molar-refractivity contribution is 6.00. The molecule has 0 fully saturated rings. The molecule has 1 atom stereocenters. The first kappa shape index (κ1) is 8.98. The fraction of sp³-hybridized carbons (Fsp3) is 0.750. The molecule has 1 nitrogen and oxygen atoms in total. The molecule has 0 radical (unpaired) electrons. The van der Waals surface area contributed by atoms with Crippen LogP contribution in [0.1, 0.15) is 40.0 Å². The van der Waals surface area contributed by atoms with Gasteiger partial charge in [-0.3, -0.25) is 4.99 Å². The third-order valence-electron chi connectivity index (χ3n) is 3.33.